The first-order valence-electron chi connectivity index (χ1n) is 7.17. The summed E-state index contributed by atoms with van der Waals surface area (Å²) in [6.07, 6.45) is 3.02. The second-order valence-electron chi connectivity index (χ2n) is 5.79. The molecule has 1 aromatic rings. The predicted molar refractivity (Wildman–Crippen MR) is 86.6 cm³/mol. The first-order chi connectivity index (χ1) is 9.05. The van der Waals surface area contributed by atoms with E-state index in [1.807, 2.05) is 13.0 Å². The molecule has 20 heavy (non-hydrogen) atoms. The topological polar surface area (TPSA) is 41.1 Å². The van der Waals surface area contributed by atoms with E-state index in [0.29, 0.717) is 0 Å². The van der Waals surface area contributed by atoms with E-state index in [4.69, 9.17) is 0 Å². The first kappa shape index (κ1) is 17.0. The molecule has 0 spiro atoms. The fraction of sp³-hybridized carbons (Fsp3) is 0.562. The third kappa shape index (κ3) is 3.74. The quantitative estimate of drug-likeness (QED) is 0.898. The number of hydrogen-bond acceptors (Lipinski definition) is 2. The van der Waals surface area contributed by atoms with E-state index in [1.54, 1.807) is 0 Å². The molecule has 0 aliphatic carbocycles. The van der Waals surface area contributed by atoms with Gasteiger partial charge in [0, 0.05) is 12.2 Å². The van der Waals surface area contributed by atoms with E-state index < -0.39 is 0 Å². The number of piperidine rings is 1. The van der Waals surface area contributed by atoms with Gasteiger partial charge in [0.1, 0.15) is 0 Å². The fourth-order valence-electron chi connectivity index (χ4n) is 2.66. The molecule has 0 radical (unpaired) electrons. The summed E-state index contributed by atoms with van der Waals surface area (Å²) >= 11 is 0. The van der Waals surface area contributed by atoms with Crippen LogP contribution < -0.4 is 10.6 Å². The van der Waals surface area contributed by atoms with Crippen molar-refractivity contribution in [2.75, 3.05) is 18.4 Å². The fourth-order valence-corrected chi connectivity index (χ4v) is 2.66. The molecule has 1 heterocycles. The van der Waals surface area contributed by atoms with Crippen molar-refractivity contribution in [2.24, 2.45) is 5.41 Å². The number of rotatable bonds is 3. The number of amides is 1. The molecule has 0 bridgehead atoms. The summed E-state index contributed by atoms with van der Waals surface area (Å²) in [6.45, 7) is 8.08. The molecule has 2 N–H and O–H groups in total. The van der Waals surface area contributed by atoms with E-state index in [0.717, 1.165) is 38.0 Å². The summed E-state index contributed by atoms with van der Waals surface area (Å²) in [5.41, 5.74) is 3.21. The number of anilines is 1. The Kier molecular flexibility index (Phi) is 6.03. The molecule has 1 amide bonds. The molecule has 2 rings (SSSR count). The zero-order valence-electron chi connectivity index (χ0n) is 12.6. The summed E-state index contributed by atoms with van der Waals surface area (Å²) in [6, 6.07) is 6.16. The van der Waals surface area contributed by atoms with Crippen LogP contribution in [0.3, 0.4) is 0 Å². The second kappa shape index (κ2) is 7.09. The zero-order chi connectivity index (χ0) is 13.9. The first-order valence-corrected chi connectivity index (χ1v) is 7.17. The van der Waals surface area contributed by atoms with Crippen LogP contribution in [0.25, 0.3) is 0 Å². The van der Waals surface area contributed by atoms with Gasteiger partial charge in [-0.15, -0.1) is 12.4 Å². The van der Waals surface area contributed by atoms with Crippen LogP contribution >= 0.6 is 12.4 Å². The Morgan fingerprint density at radius 2 is 2.20 bits per heavy atom. The van der Waals surface area contributed by atoms with Crippen molar-refractivity contribution in [2.45, 2.75) is 40.0 Å². The lowest BCUT2D eigenvalue weighted by Crippen LogP contribution is -2.46. The van der Waals surface area contributed by atoms with Crippen LogP contribution in [0.1, 0.15) is 37.8 Å². The molecule has 1 fully saturated rings. The molecule has 112 valence electrons. The maximum atomic E-state index is 12.4. The van der Waals surface area contributed by atoms with Crippen LogP contribution in [-0.4, -0.2) is 19.0 Å². The SMILES string of the molecule is CCc1cc(NC(=O)C2(C)CCCNC2)ccc1C.Cl. The smallest absolute Gasteiger partial charge is 0.231 e. The van der Waals surface area contributed by atoms with Crippen molar-refractivity contribution in [3.05, 3.63) is 29.3 Å². The summed E-state index contributed by atoms with van der Waals surface area (Å²) in [5, 5.41) is 6.39. The van der Waals surface area contributed by atoms with Crippen LogP contribution in [0.5, 0.6) is 0 Å². The highest BCUT2D eigenvalue weighted by Crippen LogP contribution is 2.27. The molecule has 3 nitrogen and oxygen atoms in total. The number of carbonyl (C=O) groups is 1. The molecule has 1 unspecified atom stereocenters. The van der Waals surface area contributed by atoms with Crippen LogP contribution in [0, 0.1) is 12.3 Å². The van der Waals surface area contributed by atoms with E-state index in [1.165, 1.54) is 11.1 Å². The minimum atomic E-state index is -0.282. The second-order valence-corrected chi connectivity index (χ2v) is 5.79. The molecule has 1 aliphatic rings. The number of carbonyl (C=O) groups excluding carboxylic acids is 1. The van der Waals surface area contributed by atoms with Gasteiger partial charge in [-0.3, -0.25) is 4.79 Å². The molecule has 0 aromatic heterocycles. The number of aryl methyl sites for hydroxylation is 2. The summed E-state index contributed by atoms with van der Waals surface area (Å²) in [5.74, 6) is 0.130. The molecule has 1 aromatic carbocycles. The Hall–Kier alpha value is -1.06. The van der Waals surface area contributed by atoms with E-state index in [-0.39, 0.29) is 23.7 Å². The Morgan fingerprint density at radius 1 is 1.45 bits per heavy atom. The van der Waals surface area contributed by atoms with Gasteiger partial charge in [0.15, 0.2) is 0 Å². The third-order valence-electron chi connectivity index (χ3n) is 4.13. The Morgan fingerprint density at radius 3 is 2.80 bits per heavy atom. The molecule has 4 heteroatoms. The van der Waals surface area contributed by atoms with Crippen LogP contribution in [-0.2, 0) is 11.2 Å². The molecule has 1 atom stereocenters. The van der Waals surface area contributed by atoms with Gasteiger partial charge < -0.3 is 10.6 Å². The average molecular weight is 297 g/mol. The lowest BCUT2D eigenvalue weighted by atomic mass is 9.82. The summed E-state index contributed by atoms with van der Waals surface area (Å²) in [4.78, 5) is 12.4. The summed E-state index contributed by atoms with van der Waals surface area (Å²) < 4.78 is 0. The van der Waals surface area contributed by atoms with Gasteiger partial charge in [-0.05, 0) is 62.9 Å². The maximum Gasteiger partial charge on any atom is 0.231 e. The monoisotopic (exact) mass is 296 g/mol. The highest BCUT2D eigenvalue weighted by Gasteiger charge is 2.34. The molecular weight excluding hydrogens is 272 g/mol. The molecule has 0 saturated carbocycles. The van der Waals surface area contributed by atoms with Crippen molar-refractivity contribution >= 4 is 24.0 Å². The largest absolute Gasteiger partial charge is 0.326 e. The van der Waals surface area contributed by atoms with Gasteiger partial charge >= 0.3 is 0 Å². The standard InChI is InChI=1S/C16H24N2O.ClH/c1-4-13-10-14(7-6-12(13)2)18-15(19)16(3)8-5-9-17-11-16;/h6-7,10,17H,4-5,8-9,11H2,1-3H3,(H,18,19);1H. The Labute approximate surface area is 127 Å². The van der Waals surface area contributed by atoms with Gasteiger partial charge in [0.05, 0.1) is 5.41 Å². The van der Waals surface area contributed by atoms with Crippen LogP contribution in [0.15, 0.2) is 18.2 Å². The Bertz CT molecular complexity index is 468. The number of hydrogen-bond donors (Lipinski definition) is 2. The van der Waals surface area contributed by atoms with Crippen molar-refractivity contribution in [3.8, 4) is 0 Å². The van der Waals surface area contributed by atoms with Crippen LogP contribution in [0.4, 0.5) is 5.69 Å². The number of benzene rings is 1. The normalized spacial score (nSPS) is 21.9. The molecule has 1 saturated heterocycles. The minimum Gasteiger partial charge on any atom is -0.326 e. The lowest BCUT2D eigenvalue weighted by molar-refractivity contribution is -0.125. The van der Waals surface area contributed by atoms with Gasteiger partial charge in [0.25, 0.3) is 0 Å². The van der Waals surface area contributed by atoms with E-state index in [9.17, 15) is 4.79 Å². The van der Waals surface area contributed by atoms with Gasteiger partial charge in [0.2, 0.25) is 5.91 Å². The highest BCUT2D eigenvalue weighted by atomic mass is 35.5. The predicted octanol–water partition coefficient (Wildman–Crippen LogP) is 3.31. The van der Waals surface area contributed by atoms with Crippen molar-refractivity contribution in [3.63, 3.8) is 0 Å². The molecular formula is C16H25ClN2O. The Balaban J connectivity index is 0.00000200. The minimum absolute atomic E-state index is 0. The van der Waals surface area contributed by atoms with E-state index in [2.05, 4.69) is 36.6 Å². The number of nitrogens with one attached hydrogen (secondary N) is 2. The van der Waals surface area contributed by atoms with Gasteiger partial charge in [-0.25, -0.2) is 0 Å². The van der Waals surface area contributed by atoms with Crippen molar-refractivity contribution < 1.29 is 4.79 Å². The van der Waals surface area contributed by atoms with Crippen LogP contribution in [0.2, 0.25) is 0 Å². The summed E-state index contributed by atoms with van der Waals surface area (Å²) in [7, 11) is 0. The lowest BCUT2D eigenvalue weighted by Gasteiger charge is -2.32. The van der Waals surface area contributed by atoms with Crippen molar-refractivity contribution in [1.82, 2.24) is 5.32 Å². The van der Waals surface area contributed by atoms with E-state index >= 15 is 0 Å². The zero-order valence-corrected chi connectivity index (χ0v) is 13.4. The number of halogens is 1. The van der Waals surface area contributed by atoms with Gasteiger partial charge in [-0.1, -0.05) is 13.0 Å². The van der Waals surface area contributed by atoms with Gasteiger partial charge in [-0.2, -0.15) is 0 Å². The maximum absolute atomic E-state index is 12.4. The average Bonchev–Trinajstić information content (AvgIpc) is 2.41. The highest BCUT2D eigenvalue weighted by molar-refractivity contribution is 5.95. The molecule has 1 aliphatic heterocycles. The van der Waals surface area contributed by atoms with Crippen molar-refractivity contribution in [1.29, 1.82) is 0 Å². The third-order valence-corrected chi connectivity index (χ3v) is 4.13.